The molecule has 0 bridgehead atoms. The molecule has 4 nitrogen and oxygen atoms in total. The maximum Gasteiger partial charge on any atom is 0.141 e. The van der Waals surface area contributed by atoms with Crippen LogP contribution in [0.4, 0.5) is 0 Å². The first kappa shape index (κ1) is 11.6. The van der Waals surface area contributed by atoms with E-state index in [1.807, 2.05) is 24.3 Å². The minimum atomic E-state index is -0.0775. The van der Waals surface area contributed by atoms with E-state index in [4.69, 9.17) is 15.9 Å². The summed E-state index contributed by atoms with van der Waals surface area (Å²) in [5.74, 6) is 1.24. The Hall–Kier alpha value is -1.88. The molecule has 0 atom stereocenters. The van der Waals surface area contributed by atoms with Crippen molar-refractivity contribution in [2.45, 2.75) is 0 Å². The third-order valence-electron chi connectivity index (χ3n) is 2.06. The summed E-state index contributed by atoms with van der Waals surface area (Å²) >= 11 is 3.35. The molecule has 0 saturated heterocycles. The smallest absolute Gasteiger partial charge is 0.141 e. The number of benzene rings is 1. The van der Waals surface area contributed by atoms with Crippen LogP contribution in [-0.2, 0) is 0 Å². The summed E-state index contributed by atoms with van der Waals surface area (Å²) in [4.78, 5) is 3.96. The van der Waals surface area contributed by atoms with Crippen LogP contribution in [0, 0.1) is 5.41 Å². The number of pyridine rings is 1. The van der Waals surface area contributed by atoms with Gasteiger partial charge in [0.2, 0.25) is 0 Å². The van der Waals surface area contributed by atoms with Crippen LogP contribution in [0.25, 0.3) is 0 Å². The van der Waals surface area contributed by atoms with E-state index in [0.717, 1.165) is 4.47 Å². The van der Waals surface area contributed by atoms with Gasteiger partial charge in [-0.3, -0.25) is 10.4 Å². The van der Waals surface area contributed by atoms with Gasteiger partial charge in [0.25, 0.3) is 0 Å². The number of rotatable bonds is 3. The van der Waals surface area contributed by atoms with Gasteiger partial charge < -0.3 is 10.5 Å². The number of hydrogen-bond acceptors (Lipinski definition) is 3. The molecular formula is C12H10BrN3O. The molecule has 0 radical (unpaired) electrons. The number of nitrogens with two attached hydrogens (primary N) is 1. The Morgan fingerprint density at radius 3 is 2.53 bits per heavy atom. The van der Waals surface area contributed by atoms with Gasteiger partial charge in [0.15, 0.2) is 0 Å². The molecule has 1 aromatic carbocycles. The molecule has 0 aliphatic rings. The van der Waals surface area contributed by atoms with Crippen molar-refractivity contribution in [1.82, 2.24) is 4.98 Å². The summed E-state index contributed by atoms with van der Waals surface area (Å²) in [6.45, 7) is 0. The Morgan fingerprint density at radius 2 is 1.88 bits per heavy atom. The molecule has 0 aliphatic carbocycles. The molecule has 0 amide bonds. The third kappa shape index (κ3) is 3.04. The maximum absolute atomic E-state index is 7.29. The van der Waals surface area contributed by atoms with E-state index in [1.165, 1.54) is 0 Å². The highest BCUT2D eigenvalue weighted by Gasteiger charge is 2.02. The molecule has 17 heavy (non-hydrogen) atoms. The zero-order chi connectivity index (χ0) is 12.3. The lowest BCUT2D eigenvalue weighted by Gasteiger charge is -2.06. The second kappa shape index (κ2) is 4.97. The fraction of sp³-hybridized carbons (Fsp3) is 0. The SMILES string of the molecule is N=C(N)c1cc(Oc2ccc(Br)cc2)ccn1. The monoisotopic (exact) mass is 291 g/mol. The van der Waals surface area contributed by atoms with Gasteiger partial charge in [-0.1, -0.05) is 15.9 Å². The van der Waals surface area contributed by atoms with Crippen molar-refractivity contribution in [3.63, 3.8) is 0 Å². The molecule has 0 aliphatic heterocycles. The number of aromatic nitrogens is 1. The molecule has 0 unspecified atom stereocenters. The van der Waals surface area contributed by atoms with E-state index in [2.05, 4.69) is 20.9 Å². The largest absolute Gasteiger partial charge is 0.457 e. The number of nitrogen functional groups attached to an aromatic ring is 1. The Balaban J connectivity index is 2.21. The van der Waals surface area contributed by atoms with E-state index in [9.17, 15) is 0 Å². The second-order valence-corrected chi connectivity index (χ2v) is 4.26. The first-order valence-corrected chi connectivity index (χ1v) is 5.68. The molecule has 1 heterocycles. The highest BCUT2D eigenvalue weighted by molar-refractivity contribution is 9.10. The van der Waals surface area contributed by atoms with Gasteiger partial charge in [-0.15, -0.1) is 0 Å². The lowest BCUT2D eigenvalue weighted by Crippen LogP contribution is -2.12. The van der Waals surface area contributed by atoms with E-state index >= 15 is 0 Å². The predicted octanol–water partition coefficient (Wildman–Crippen LogP) is 2.92. The average Bonchev–Trinajstić information content (AvgIpc) is 2.32. The lowest BCUT2D eigenvalue weighted by atomic mass is 10.3. The summed E-state index contributed by atoms with van der Waals surface area (Å²) in [5, 5.41) is 7.29. The van der Waals surface area contributed by atoms with Crippen LogP contribution in [-0.4, -0.2) is 10.8 Å². The number of nitrogens with zero attached hydrogens (tertiary/aromatic N) is 1. The maximum atomic E-state index is 7.29. The van der Waals surface area contributed by atoms with E-state index < -0.39 is 0 Å². The summed E-state index contributed by atoms with van der Waals surface area (Å²) in [6, 6.07) is 10.8. The Morgan fingerprint density at radius 1 is 1.18 bits per heavy atom. The molecule has 2 aromatic rings. The van der Waals surface area contributed by atoms with Gasteiger partial charge in [0, 0.05) is 16.7 Å². The van der Waals surface area contributed by atoms with Gasteiger partial charge in [-0.25, -0.2) is 0 Å². The predicted molar refractivity (Wildman–Crippen MR) is 69.5 cm³/mol. The van der Waals surface area contributed by atoms with Gasteiger partial charge in [-0.05, 0) is 30.3 Å². The van der Waals surface area contributed by atoms with Crippen LogP contribution < -0.4 is 10.5 Å². The van der Waals surface area contributed by atoms with Gasteiger partial charge in [-0.2, -0.15) is 0 Å². The van der Waals surface area contributed by atoms with E-state index in [0.29, 0.717) is 17.2 Å². The van der Waals surface area contributed by atoms with Crippen molar-refractivity contribution < 1.29 is 4.74 Å². The van der Waals surface area contributed by atoms with E-state index in [1.54, 1.807) is 18.3 Å². The number of hydrogen-bond donors (Lipinski definition) is 2. The summed E-state index contributed by atoms with van der Waals surface area (Å²) in [5.41, 5.74) is 5.76. The van der Waals surface area contributed by atoms with E-state index in [-0.39, 0.29) is 5.84 Å². The van der Waals surface area contributed by atoms with Crippen LogP contribution in [0.15, 0.2) is 47.1 Å². The zero-order valence-corrected chi connectivity index (χ0v) is 10.4. The summed E-state index contributed by atoms with van der Waals surface area (Å²) in [7, 11) is 0. The summed E-state index contributed by atoms with van der Waals surface area (Å²) in [6.07, 6.45) is 1.56. The van der Waals surface area contributed by atoms with Crippen LogP contribution >= 0.6 is 15.9 Å². The summed E-state index contributed by atoms with van der Waals surface area (Å²) < 4.78 is 6.60. The van der Waals surface area contributed by atoms with Gasteiger partial charge in [0.1, 0.15) is 23.0 Å². The van der Waals surface area contributed by atoms with Crippen molar-refractivity contribution in [2.24, 2.45) is 5.73 Å². The number of halogens is 1. The second-order valence-electron chi connectivity index (χ2n) is 3.35. The molecule has 3 N–H and O–H groups in total. The minimum absolute atomic E-state index is 0.0775. The third-order valence-corrected chi connectivity index (χ3v) is 2.59. The average molecular weight is 292 g/mol. The lowest BCUT2D eigenvalue weighted by molar-refractivity contribution is 0.481. The minimum Gasteiger partial charge on any atom is -0.457 e. The fourth-order valence-corrected chi connectivity index (χ4v) is 1.52. The van der Waals surface area contributed by atoms with Crippen molar-refractivity contribution in [3.05, 3.63) is 52.8 Å². The van der Waals surface area contributed by atoms with Crippen LogP contribution in [0.5, 0.6) is 11.5 Å². The van der Waals surface area contributed by atoms with Crippen molar-refractivity contribution in [1.29, 1.82) is 5.41 Å². The topological polar surface area (TPSA) is 72.0 Å². The van der Waals surface area contributed by atoms with Crippen molar-refractivity contribution in [2.75, 3.05) is 0 Å². The molecular weight excluding hydrogens is 282 g/mol. The van der Waals surface area contributed by atoms with Gasteiger partial charge in [0.05, 0.1) is 0 Å². The van der Waals surface area contributed by atoms with Crippen LogP contribution in [0.3, 0.4) is 0 Å². The Kier molecular flexibility index (Phi) is 3.39. The van der Waals surface area contributed by atoms with Gasteiger partial charge >= 0.3 is 0 Å². The zero-order valence-electron chi connectivity index (χ0n) is 8.85. The molecule has 86 valence electrons. The highest BCUT2D eigenvalue weighted by Crippen LogP contribution is 2.23. The van der Waals surface area contributed by atoms with Crippen molar-refractivity contribution in [3.8, 4) is 11.5 Å². The molecule has 2 rings (SSSR count). The molecule has 5 heteroatoms. The highest BCUT2D eigenvalue weighted by atomic mass is 79.9. The number of ether oxygens (including phenoxy) is 1. The first-order chi connectivity index (χ1) is 8.15. The molecule has 1 aromatic heterocycles. The molecule has 0 fully saturated rings. The molecule has 0 saturated carbocycles. The normalized spacial score (nSPS) is 9.94. The van der Waals surface area contributed by atoms with Crippen LogP contribution in [0.1, 0.15) is 5.69 Å². The first-order valence-electron chi connectivity index (χ1n) is 4.89. The van der Waals surface area contributed by atoms with Crippen LogP contribution in [0.2, 0.25) is 0 Å². The standard InChI is InChI=1S/C12H10BrN3O/c13-8-1-3-9(4-2-8)17-10-5-6-16-11(7-10)12(14)15/h1-7H,(H3,14,15). The fourth-order valence-electron chi connectivity index (χ4n) is 1.26. The molecule has 0 spiro atoms. The number of amidine groups is 1. The number of nitrogens with one attached hydrogen (secondary N) is 1. The van der Waals surface area contributed by atoms with Crippen molar-refractivity contribution >= 4 is 21.8 Å². The Labute approximate surface area is 107 Å². The quantitative estimate of drug-likeness (QED) is 0.675. The Bertz CT molecular complexity index is 540.